The molecular formula is C27H36ClNO4. The first kappa shape index (κ1) is 24.0. The molecule has 2 fully saturated rings. The smallest absolute Gasteiger partial charge is 0.203 e. The van der Waals surface area contributed by atoms with E-state index in [1.807, 2.05) is 6.07 Å². The lowest BCUT2D eigenvalue weighted by Gasteiger charge is -2.59. The van der Waals surface area contributed by atoms with Crippen LogP contribution in [-0.4, -0.2) is 50.5 Å². The first-order valence-corrected chi connectivity index (χ1v) is 11.9. The fraction of sp³-hybridized carbons (Fsp3) is 0.556. The highest BCUT2D eigenvalue weighted by Crippen LogP contribution is 2.56. The normalized spacial score (nSPS) is 25.9. The Morgan fingerprint density at radius 1 is 1.00 bits per heavy atom. The fourth-order valence-corrected chi connectivity index (χ4v) is 6.90. The molecule has 0 amide bonds. The van der Waals surface area contributed by atoms with Crippen LogP contribution in [0.3, 0.4) is 0 Å². The third kappa shape index (κ3) is 4.04. The summed E-state index contributed by atoms with van der Waals surface area (Å²) in [7, 11) is 4.99. The number of piperidine rings is 1. The van der Waals surface area contributed by atoms with E-state index in [-0.39, 0.29) is 17.8 Å². The minimum Gasteiger partial charge on any atom is -0.508 e. The zero-order chi connectivity index (χ0) is 22.3. The van der Waals surface area contributed by atoms with Gasteiger partial charge >= 0.3 is 0 Å². The Hall–Kier alpha value is -2.11. The molecule has 2 aromatic carbocycles. The second-order valence-corrected chi connectivity index (χ2v) is 9.69. The first-order valence-electron chi connectivity index (χ1n) is 11.9. The topological polar surface area (TPSA) is 51.2 Å². The number of phenolic OH excluding ortho intramolecular Hbond substituents is 1. The van der Waals surface area contributed by atoms with Gasteiger partial charge in [0.2, 0.25) is 5.75 Å². The van der Waals surface area contributed by atoms with Crippen molar-refractivity contribution in [1.29, 1.82) is 0 Å². The summed E-state index contributed by atoms with van der Waals surface area (Å²) in [5, 5.41) is 10.2. The van der Waals surface area contributed by atoms with Gasteiger partial charge in [0.05, 0.1) is 21.3 Å². The second kappa shape index (κ2) is 9.63. The molecule has 1 saturated heterocycles. The first-order chi connectivity index (χ1) is 15.6. The molecule has 5 nitrogen and oxygen atoms in total. The van der Waals surface area contributed by atoms with Gasteiger partial charge in [0.25, 0.3) is 0 Å². The second-order valence-electron chi connectivity index (χ2n) is 9.69. The molecule has 1 N–H and O–H groups in total. The van der Waals surface area contributed by atoms with Gasteiger partial charge in [-0.25, -0.2) is 0 Å². The van der Waals surface area contributed by atoms with Crippen molar-refractivity contribution in [2.75, 3.05) is 34.4 Å². The van der Waals surface area contributed by atoms with E-state index in [1.54, 1.807) is 21.3 Å². The fourth-order valence-electron chi connectivity index (χ4n) is 6.90. The Balaban J connectivity index is 0.00000259. The van der Waals surface area contributed by atoms with Gasteiger partial charge < -0.3 is 19.3 Å². The highest BCUT2D eigenvalue weighted by Gasteiger charge is 2.53. The summed E-state index contributed by atoms with van der Waals surface area (Å²) in [4.78, 5) is 2.73. The van der Waals surface area contributed by atoms with Crippen LogP contribution < -0.4 is 14.2 Å². The van der Waals surface area contributed by atoms with Gasteiger partial charge in [-0.3, -0.25) is 4.90 Å². The van der Waals surface area contributed by atoms with Crippen molar-refractivity contribution in [3.05, 3.63) is 47.0 Å². The van der Waals surface area contributed by atoms with Crippen LogP contribution >= 0.6 is 12.4 Å². The van der Waals surface area contributed by atoms with Gasteiger partial charge in [-0.2, -0.15) is 0 Å². The molecule has 3 atom stereocenters. The van der Waals surface area contributed by atoms with Crippen LogP contribution in [0.25, 0.3) is 0 Å². The van der Waals surface area contributed by atoms with Crippen molar-refractivity contribution in [1.82, 2.24) is 4.90 Å². The molecule has 2 aliphatic carbocycles. The Labute approximate surface area is 203 Å². The zero-order valence-corrected chi connectivity index (χ0v) is 20.7. The van der Waals surface area contributed by atoms with E-state index in [0.29, 0.717) is 23.5 Å². The van der Waals surface area contributed by atoms with E-state index in [2.05, 4.69) is 29.2 Å². The molecule has 1 aliphatic heterocycles. The largest absolute Gasteiger partial charge is 0.508 e. The monoisotopic (exact) mass is 473 g/mol. The minimum atomic E-state index is 0. The molecule has 6 heteroatoms. The molecule has 3 aliphatic rings. The number of likely N-dealkylation sites (tertiary alicyclic amines) is 1. The highest BCUT2D eigenvalue weighted by molar-refractivity contribution is 5.85. The molecule has 5 rings (SSSR count). The molecule has 2 bridgehead atoms. The lowest BCUT2D eigenvalue weighted by Crippen LogP contribution is -2.61. The summed E-state index contributed by atoms with van der Waals surface area (Å²) in [5.41, 5.74) is 4.37. The van der Waals surface area contributed by atoms with E-state index in [1.165, 1.54) is 48.8 Å². The number of nitrogens with zero attached hydrogens (tertiary/aromatic N) is 1. The average Bonchev–Trinajstić information content (AvgIpc) is 2.83. The maximum absolute atomic E-state index is 10.2. The van der Waals surface area contributed by atoms with Crippen LogP contribution in [0.4, 0.5) is 0 Å². The molecule has 2 aromatic rings. The average molecular weight is 474 g/mol. The van der Waals surface area contributed by atoms with Crippen LogP contribution in [-0.2, 0) is 18.3 Å². The number of benzene rings is 2. The number of halogens is 1. The molecule has 0 aromatic heterocycles. The predicted octanol–water partition coefficient (Wildman–Crippen LogP) is 5.14. The number of ether oxygens (including phenoxy) is 3. The molecule has 1 heterocycles. The Morgan fingerprint density at radius 3 is 2.45 bits per heavy atom. The van der Waals surface area contributed by atoms with E-state index >= 15 is 0 Å². The quantitative estimate of drug-likeness (QED) is 0.629. The lowest BCUT2D eigenvalue weighted by molar-refractivity contribution is -0.0107. The molecule has 33 heavy (non-hydrogen) atoms. The number of methoxy groups -OCH3 is 3. The zero-order valence-electron chi connectivity index (χ0n) is 19.9. The van der Waals surface area contributed by atoms with Gasteiger partial charge in [0.15, 0.2) is 11.5 Å². The Kier molecular flexibility index (Phi) is 7.01. The number of fused-ring (bicyclic) bond motifs is 1. The third-order valence-electron chi connectivity index (χ3n) is 8.35. The maximum Gasteiger partial charge on any atom is 0.203 e. The van der Waals surface area contributed by atoms with Gasteiger partial charge in [-0.1, -0.05) is 18.9 Å². The number of aromatic hydroxyl groups is 1. The van der Waals surface area contributed by atoms with Crippen LogP contribution in [0.15, 0.2) is 30.3 Å². The predicted molar refractivity (Wildman–Crippen MR) is 132 cm³/mol. The summed E-state index contributed by atoms with van der Waals surface area (Å²) in [6, 6.07) is 10.9. The minimum absolute atomic E-state index is 0. The van der Waals surface area contributed by atoms with E-state index in [4.69, 9.17) is 14.2 Å². The van der Waals surface area contributed by atoms with Crippen LogP contribution in [0.2, 0.25) is 0 Å². The standard InChI is InChI=1S/C27H35NO4.ClH/c1-30-24-14-18(15-25(31-2)26(24)32-3)9-12-28-13-11-27-10-5-4-6-21(27)23(28)16-19-7-8-20(29)17-22(19)27;/h7-8,14-15,17,21,23,29H,4-6,9-13,16H2,1-3H3;1H/t21-,23-,27-;/m0./s1. The molecule has 0 radical (unpaired) electrons. The Bertz CT molecular complexity index is 971. The van der Waals surface area contributed by atoms with Crippen molar-refractivity contribution in [3.8, 4) is 23.0 Å². The summed E-state index contributed by atoms with van der Waals surface area (Å²) >= 11 is 0. The van der Waals surface area contributed by atoms with Crippen molar-refractivity contribution in [2.24, 2.45) is 5.92 Å². The molecule has 180 valence electrons. The number of phenols is 1. The molecule has 0 spiro atoms. The van der Waals surface area contributed by atoms with Crippen LogP contribution in [0, 0.1) is 5.92 Å². The lowest BCUT2D eigenvalue weighted by atomic mass is 9.52. The number of hydrogen-bond donors (Lipinski definition) is 1. The van der Waals surface area contributed by atoms with Gasteiger partial charge in [0.1, 0.15) is 5.75 Å². The van der Waals surface area contributed by atoms with E-state index < -0.39 is 0 Å². The van der Waals surface area contributed by atoms with Crippen molar-refractivity contribution in [3.63, 3.8) is 0 Å². The molecule has 0 unspecified atom stereocenters. The van der Waals surface area contributed by atoms with Gasteiger partial charge in [0, 0.05) is 18.0 Å². The van der Waals surface area contributed by atoms with Crippen LogP contribution in [0.1, 0.15) is 48.8 Å². The summed E-state index contributed by atoms with van der Waals surface area (Å²) in [6.07, 6.45) is 8.46. The van der Waals surface area contributed by atoms with Crippen molar-refractivity contribution >= 4 is 12.4 Å². The van der Waals surface area contributed by atoms with Crippen molar-refractivity contribution in [2.45, 2.75) is 56.4 Å². The van der Waals surface area contributed by atoms with E-state index in [9.17, 15) is 5.11 Å². The summed E-state index contributed by atoms with van der Waals surface area (Å²) in [6.45, 7) is 2.16. The van der Waals surface area contributed by atoms with Gasteiger partial charge in [-0.15, -0.1) is 12.4 Å². The SMILES string of the molecule is COc1cc(CCN2CC[C@@]34CCCC[C@H]3[C@@H]2Cc2ccc(O)cc24)cc(OC)c1OC.Cl. The van der Waals surface area contributed by atoms with Gasteiger partial charge in [-0.05, 0) is 85.5 Å². The van der Waals surface area contributed by atoms with E-state index in [0.717, 1.165) is 37.4 Å². The Morgan fingerprint density at radius 2 is 1.76 bits per heavy atom. The van der Waals surface area contributed by atoms with Crippen LogP contribution in [0.5, 0.6) is 23.0 Å². The maximum atomic E-state index is 10.2. The summed E-state index contributed by atoms with van der Waals surface area (Å²) in [5.74, 6) is 3.21. The number of rotatable bonds is 6. The molecule has 1 saturated carbocycles. The summed E-state index contributed by atoms with van der Waals surface area (Å²) < 4.78 is 16.6. The molecular weight excluding hydrogens is 438 g/mol. The highest BCUT2D eigenvalue weighted by atomic mass is 35.5. The third-order valence-corrected chi connectivity index (χ3v) is 8.35. The number of hydrogen-bond acceptors (Lipinski definition) is 5. The van der Waals surface area contributed by atoms with Crippen molar-refractivity contribution < 1.29 is 19.3 Å².